The zero-order chi connectivity index (χ0) is 27.1. The van der Waals surface area contributed by atoms with Gasteiger partial charge in [0, 0.05) is 31.7 Å². The molecule has 0 spiro atoms. The third-order valence-electron chi connectivity index (χ3n) is 6.13. The molecule has 198 valence electrons. The molecule has 2 heterocycles. The maximum atomic E-state index is 12.7. The molecule has 0 saturated heterocycles. The van der Waals surface area contributed by atoms with Crippen molar-refractivity contribution >= 4 is 53.9 Å². The molecule has 0 bridgehead atoms. The number of aromatic amines is 1. The second kappa shape index (κ2) is 9.72. The highest BCUT2D eigenvalue weighted by atomic mass is 32.2. The van der Waals surface area contributed by atoms with E-state index in [0.717, 1.165) is 11.8 Å². The standard InChI is InChI=1S/C25H26N6O5S2/c1-31(15-16-5-3-4-6-20(16)30-38(35,36)19-11-12-19)25-28-21-13-14-26-24(32)22(21)23(29-25)27-17-7-9-18(10-8-17)37(2,33)34/h3-10,13-14,19,30H,11-12,15H2,1-2H3,(H,26,32)(H,27,28,29). The zero-order valence-electron chi connectivity index (χ0n) is 20.7. The molecule has 1 aliphatic carbocycles. The molecule has 2 aromatic heterocycles. The Morgan fingerprint density at radius 1 is 1.00 bits per heavy atom. The summed E-state index contributed by atoms with van der Waals surface area (Å²) >= 11 is 0. The van der Waals surface area contributed by atoms with Gasteiger partial charge in [0.2, 0.25) is 16.0 Å². The van der Waals surface area contributed by atoms with Crippen molar-refractivity contribution in [2.24, 2.45) is 0 Å². The van der Waals surface area contributed by atoms with Crippen LogP contribution in [0.2, 0.25) is 0 Å². The SMILES string of the molecule is CN(Cc1ccccc1NS(=O)(=O)C1CC1)c1nc(Nc2ccc(S(C)(=O)=O)cc2)c2c(=O)[nH]ccc2n1. The summed E-state index contributed by atoms with van der Waals surface area (Å²) in [5.41, 5.74) is 1.79. The van der Waals surface area contributed by atoms with Gasteiger partial charge >= 0.3 is 0 Å². The third-order valence-corrected chi connectivity index (χ3v) is 9.12. The fourth-order valence-electron chi connectivity index (χ4n) is 3.96. The van der Waals surface area contributed by atoms with Crippen molar-refractivity contribution in [1.82, 2.24) is 15.0 Å². The van der Waals surface area contributed by atoms with Gasteiger partial charge in [-0.15, -0.1) is 0 Å². The molecule has 11 nitrogen and oxygen atoms in total. The van der Waals surface area contributed by atoms with E-state index in [9.17, 15) is 21.6 Å². The Morgan fingerprint density at radius 2 is 1.71 bits per heavy atom. The van der Waals surface area contributed by atoms with E-state index in [-0.39, 0.29) is 26.9 Å². The van der Waals surface area contributed by atoms with Gasteiger partial charge in [-0.05, 0) is 54.8 Å². The highest BCUT2D eigenvalue weighted by Crippen LogP contribution is 2.31. The van der Waals surface area contributed by atoms with Crippen LogP contribution in [0, 0.1) is 0 Å². The van der Waals surface area contributed by atoms with Gasteiger partial charge in [-0.25, -0.2) is 21.8 Å². The van der Waals surface area contributed by atoms with Crippen LogP contribution in [0.25, 0.3) is 10.9 Å². The molecule has 1 saturated carbocycles. The Morgan fingerprint density at radius 3 is 2.39 bits per heavy atom. The number of hydrogen-bond donors (Lipinski definition) is 3. The van der Waals surface area contributed by atoms with Gasteiger partial charge in [-0.1, -0.05) is 18.2 Å². The van der Waals surface area contributed by atoms with Gasteiger partial charge in [0.15, 0.2) is 9.84 Å². The maximum absolute atomic E-state index is 12.7. The summed E-state index contributed by atoms with van der Waals surface area (Å²) in [5.74, 6) is 0.548. The van der Waals surface area contributed by atoms with Crippen LogP contribution in [0.15, 0.2) is 70.5 Å². The van der Waals surface area contributed by atoms with Crippen molar-refractivity contribution in [3.05, 3.63) is 76.7 Å². The van der Waals surface area contributed by atoms with Gasteiger partial charge in [0.1, 0.15) is 11.2 Å². The largest absolute Gasteiger partial charge is 0.339 e. The van der Waals surface area contributed by atoms with E-state index in [1.165, 1.54) is 18.3 Å². The Labute approximate surface area is 219 Å². The summed E-state index contributed by atoms with van der Waals surface area (Å²) in [7, 11) is -5.02. The number of pyridine rings is 1. The van der Waals surface area contributed by atoms with Crippen LogP contribution < -0.4 is 20.5 Å². The molecule has 1 aliphatic rings. The molecule has 2 aromatic carbocycles. The number of aromatic nitrogens is 3. The van der Waals surface area contributed by atoms with Crippen molar-refractivity contribution in [3.63, 3.8) is 0 Å². The summed E-state index contributed by atoms with van der Waals surface area (Å²) in [6.07, 6.45) is 3.95. The smallest absolute Gasteiger partial charge is 0.261 e. The monoisotopic (exact) mass is 554 g/mol. The van der Waals surface area contributed by atoms with Crippen molar-refractivity contribution in [3.8, 4) is 0 Å². The van der Waals surface area contributed by atoms with E-state index < -0.39 is 19.9 Å². The predicted octanol–water partition coefficient (Wildman–Crippen LogP) is 3.01. The number of para-hydroxylation sites is 1. The van der Waals surface area contributed by atoms with Gasteiger partial charge in [-0.2, -0.15) is 4.98 Å². The molecule has 0 unspecified atom stereocenters. The Bertz CT molecular complexity index is 1780. The minimum Gasteiger partial charge on any atom is -0.339 e. The fraction of sp³-hybridized carbons (Fsp3) is 0.240. The van der Waals surface area contributed by atoms with Crippen LogP contribution in [-0.2, 0) is 26.4 Å². The van der Waals surface area contributed by atoms with Crippen molar-refractivity contribution in [1.29, 1.82) is 0 Å². The normalized spacial score (nSPS) is 13.8. The average Bonchev–Trinajstić information content (AvgIpc) is 3.71. The molecule has 0 aliphatic heterocycles. The minimum absolute atomic E-state index is 0.171. The summed E-state index contributed by atoms with van der Waals surface area (Å²) in [5, 5.41) is 3.00. The first-order chi connectivity index (χ1) is 18.0. The lowest BCUT2D eigenvalue weighted by Crippen LogP contribution is -2.23. The Kier molecular flexibility index (Phi) is 6.57. The van der Waals surface area contributed by atoms with E-state index in [0.29, 0.717) is 42.2 Å². The Balaban J connectivity index is 1.48. The van der Waals surface area contributed by atoms with E-state index in [4.69, 9.17) is 0 Å². The second-order valence-corrected chi connectivity index (χ2v) is 13.2. The highest BCUT2D eigenvalue weighted by Gasteiger charge is 2.36. The van der Waals surface area contributed by atoms with E-state index in [1.807, 2.05) is 12.1 Å². The lowest BCUT2D eigenvalue weighted by atomic mass is 10.2. The number of anilines is 4. The fourth-order valence-corrected chi connectivity index (χ4v) is 6.02. The summed E-state index contributed by atoms with van der Waals surface area (Å²) in [6.45, 7) is 0.292. The van der Waals surface area contributed by atoms with Gasteiger partial charge in [0.05, 0.1) is 21.3 Å². The number of H-pyrrole nitrogens is 1. The predicted molar refractivity (Wildman–Crippen MR) is 147 cm³/mol. The van der Waals surface area contributed by atoms with E-state index >= 15 is 0 Å². The van der Waals surface area contributed by atoms with Crippen LogP contribution >= 0.6 is 0 Å². The third kappa shape index (κ3) is 5.48. The van der Waals surface area contributed by atoms with Gasteiger partial charge in [0.25, 0.3) is 5.56 Å². The van der Waals surface area contributed by atoms with Crippen LogP contribution in [-0.4, -0.2) is 50.3 Å². The summed E-state index contributed by atoms with van der Waals surface area (Å²) < 4.78 is 51.3. The Hall–Kier alpha value is -3.97. The van der Waals surface area contributed by atoms with Crippen LogP contribution in [0.1, 0.15) is 18.4 Å². The number of sulfone groups is 1. The van der Waals surface area contributed by atoms with Crippen LogP contribution in [0.4, 0.5) is 23.1 Å². The van der Waals surface area contributed by atoms with Gasteiger partial charge < -0.3 is 15.2 Å². The first-order valence-corrected chi connectivity index (χ1v) is 15.2. The zero-order valence-corrected chi connectivity index (χ0v) is 22.3. The quantitative estimate of drug-likeness (QED) is 0.283. The minimum atomic E-state index is -3.44. The molecule has 0 atom stereocenters. The van der Waals surface area contributed by atoms with Crippen LogP contribution in [0.3, 0.4) is 0 Å². The lowest BCUT2D eigenvalue weighted by molar-refractivity contribution is 0.599. The molecule has 3 N–H and O–H groups in total. The number of benzene rings is 2. The molecule has 4 aromatic rings. The number of fused-ring (bicyclic) bond motifs is 1. The average molecular weight is 555 g/mol. The summed E-state index contributed by atoms with van der Waals surface area (Å²) in [4.78, 5) is 26.4. The van der Waals surface area contributed by atoms with Crippen molar-refractivity contribution in [2.75, 3.05) is 28.2 Å². The van der Waals surface area contributed by atoms with E-state index in [1.54, 1.807) is 42.3 Å². The second-order valence-electron chi connectivity index (χ2n) is 9.22. The molecule has 0 radical (unpaired) electrons. The number of nitrogens with one attached hydrogen (secondary N) is 3. The number of sulfonamides is 1. The lowest BCUT2D eigenvalue weighted by Gasteiger charge is -2.21. The van der Waals surface area contributed by atoms with Crippen molar-refractivity contribution < 1.29 is 16.8 Å². The number of rotatable bonds is 9. The topological polar surface area (TPSA) is 154 Å². The van der Waals surface area contributed by atoms with E-state index in [2.05, 4.69) is 25.0 Å². The first kappa shape index (κ1) is 25.7. The van der Waals surface area contributed by atoms with Gasteiger partial charge in [-0.3, -0.25) is 9.52 Å². The maximum Gasteiger partial charge on any atom is 0.261 e. The van der Waals surface area contributed by atoms with Crippen LogP contribution in [0.5, 0.6) is 0 Å². The van der Waals surface area contributed by atoms with Crippen molar-refractivity contribution in [2.45, 2.75) is 29.5 Å². The number of nitrogens with zero attached hydrogens (tertiary/aromatic N) is 3. The summed E-state index contributed by atoms with van der Waals surface area (Å²) in [6, 6.07) is 14.9. The molecule has 0 amide bonds. The molecule has 1 fully saturated rings. The first-order valence-electron chi connectivity index (χ1n) is 11.8. The highest BCUT2D eigenvalue weighted by molar-refractivity contribution is 7.93. The number of hydrogen-bond acceptors (Lipinski definition) is 9. The molecule has 13 heteroatoms. The molecule has 5 rings (SSSR count). The molecule has 38 heavy (non-hydrogen) atoms. The molecular formula is C25H26N6O5S2. The molecular weight excluding hydrogens is 528 g/mol.